The summed E-state index contributed by atoms with van der Waals surface area (Å²) in [5, 5.41) is 0.733. The van der Waals surface area contributed by atoms with Crippen molar-refractivity contribution >= 4 is 17.2 Å². The Labute approximate surface area is 113 Å². The van der Waals surface area contributed by atoms with Gasteiger partial charge in [-0.1, -0.05) is 32.4 Å². The molecule has 4 heteroatoms. The number of halogens is 1. The van der Waals surface area contributed by atoms with Gasteiger partial charge in [-0.2, -0.15) is 0 Å². The van der Waals surface area contributed by atoms with Crippen LogP contribution in [0, 0.1) is 6.92 Å². The van der Waals surface area contributed by atoms with E-state index in [0.29, 0.717) is 6.54 Å². The number of hydrogen-bond donors (Lipinski definition) is 1. The molecule has 2 rings (SSSR count). The monoisotopic (exact) mass is 265 g/mol. The molecule has 0 unspecified atom stereocenters. The average Bonchev–Trinajstić information content (AvgIpc) is 2.58. The molecule has 0 saturated carbocycles. The Hall–Kier alpha value is -1.06. The molecule has 0 atom stereocenters. The summed E-state index contributed by atoms with van der Waals surface area (Å²) in [7, 11) is 0. The number of imidazole rings is 1. The molecule has 0 aliphatic rings. The zero-order chi connectivity index (χ0) is 13.5. The first-order chi connectivity index (χ1) is 8.34. The van der Waals surface area contributed by atoms with Crippen molar-refractivity contribution in [3.05, 3.63) is 34.2 Å². The van der Waals surface area contributed by atoms with Crippen molar-refractivity contribution in [2.75, 3.05) is 6.54 Å². The summed E-state index contributed by atoms with van der Waals surface area (Å²) in [5.41, 5.74) is 10.1. The fourth-order valence-electron chi connectivity index (χ4n) is 2.29. The topological polar surface area (TPSA) is 43.3 Å². The third-order valence-corrected chi connectivity index (χ3v) is 3.27. The summed E-state index contributed by atoms with van der Waals surface area (Å²) in [5.74, 6) is 0. The highest BCUT2D eigenvalue weighted by Gasteiger charge is 2.24. The maximum atomic E-state index is 6.14. The minimum Gasteiger partial charge on any atom is -0.330 e. The zero-order valence-electron chi connectivity index (χ0n) is 11.4. The second-order valence-electron chi connectivity index (χ2n) is 5.73. The van der Waals surface area contributed by atoms with E-state index < -0.39 is 0 Å². The molecule has 18 heavy (non-hydrogen) atoms. The molecular weight excluding hydrogens is 246 g/mol. The Morgan fingerprint density at radius 2 is 2.06 bits per heavy atom. The lowest BCUT2D eigenvalue weighted by molar-refractivity contribution is 0.563. The number of nitrogens with zero attached hydrogens (tertiary/aromatic N) is 2. The fraction of sp³-hybridized carbons (Fsp3) is 0.500. The minimum atomic E-state index is 0.00936. The Balaban J connectivity index is 2.79. The Kier molecular flexibility index (Phi) is 3.39. The molecule has 2 aromatic rings. The van der Waals surface area contributed by atoms with E-state index in [1.807, 2.05) is 19.2 Å². The van der Waals surface area contributed by atoms with Crippen molar-refractivity contribution in [2.45, 2.75) is 39.5 Å². The Bertz CT molecular complexity index is 579. The van der Waals surface area contributed by atoms with Gasteiger partial charge in [0.25, 0.3) is 0 Å². The van der Waals surface area contributed by atoms with Crippen LogP contribution in [0.4, 0.5) is 0 Å². The number of hydrogen-bond acceptors (Lipinski definition) is 2. The van der Waals surface area contributed by atoms with Crippen molar-refractivity contribution in [3.8, 4) is 0 Å². The normalized spacial score (nSPS) is 12.3. The first-order valence-corrected chi connectivity index (χ1v) is 6.60. The van der Waals surface area contributed by atoms with Gasteiger partial charge in [0, 0.05) is 23.7 Å². The molecule has 2 heterocycles. The van der Waals surface area contributed by atoms with E-state index in [9.17, 15) is 0 Å². The fourth-order valence-corrected chi connectivity index (χ4v) is 2.55. The van der Waals surface area contributed by atoms with E-state index in [1.165, 1.54) is 5.69 Å². The van der Waals surface area contributed by atoms with Crippen LogP contribution >= 0.6 is 11.6 Å². The lowest BCUT2D eigenvalue weighted by atomic mass is 9.90. The maximum Gasteiger partial charge on any atom is 0.140 e. The van der Waals surface area contributed by atoms with E-state index in [2.05, 4.69) is 25.2 Å². The summed E-state index contributed by atoms with van der Waals surface area (Å²) >= 11 is 6.14. The van der Waals surface area contributed by atoms with E-state index in [4.69, 9.17) is 22.3 Å². The largest absolute Gasteiger partial charge is 0.330 e. The molecule has 0 radical (unpaired) electrons. The van der Waals surface area contributed by atoms with Crippen molar-refractivity contribution in [1.29, 1.82) is 0 Å². The lowest BCUT2D eigenvalue weighted by Crippen LogP contribution is -2.17. The third kappa shape index (κ3) is 2.25. The van der Waals surface area contributed by atoms with Crippen LogP contribution in [0.15, 0.2) is 12.3 Å². The first-order valence-electron chi connectivity index (χ1n) is 6.22. The number of aryl methyl sites for hydroxylation is 1. The van der Waals surface area contributed by atoms with Gasteiger partial charge >= 0.3 is 0 Å². The van der Waals surface area contributed by atoms with Crippen LogP contribution < -0.4 is 5.73 Å². The zero-order valence-corrected chi connectivity index (χ0v) is 12.2. The second kappa shape index (κ2) is 4.56. The van der Waals surface area contributed by atoms with Gasteiger partial charge < -0.3 is 10.1 Å². The highest BCUT2D eigenvalue weighted by atomic mass is 35.5. The molecule has 0 amide bonds. The molecule has 0 aromatic carbocycles. The predicted molar refractivity (Wildman–Crippen MR) is 76.4 cm³/mol. The quantitative estimate of drug-likeness (QED) is 0.907. The third-order valence-electron chi connectivity index (χ3n) is 3.06. The molecule has 0 bridgehead atoms. The summed E-state index contributed by atoms with van der Waals surface area (Å²) in [6.45, 7) is 9.17. The molecule has 0 fully saturated rings. The number of rotatable bonds is 2. The molecule has 3 nitrogen and oxygen atoms in total. The van der Waals surface area contributed by atoms with Crippen LogP contribution in [-0.2, 0) is 11.8 Å². The maximum absolute atomic E-state index is 6.14. The van der Waals surface area contributed by atoms with Gasteiger partial charge in [0.2, 0.25) is 0 Å². The second-order valence-corrected chi connectivity index (χ2v) is 6.17. The van der Waals surface area contributed by atoms with Gasteiger partial charge in [-0.3, -0.25) is 0 Å². The van der Waals surface area contributed by atoms with E-state index >= 15 is 0 Å². The summed E-state index contributed by atoms with van der Waals surface area (Å²) in [6.07, 6.45) is 2.74. The molecule has 0 spiro atoms. The lowest BCUT2D eigenvalue weighted by Gasteiger charge is -2.17. The molecule has 2 aromatic heterocycles. The summed E-state index contributed by atoms with van der Waals surface area (Å²) in [6, 6.07) is 1.95. The first kappa shape index (κ1) is 13.4. The van der Waals surface area contributed by atoms with Crippen LogP contribution in [0.1, 0.15) is 37.7 Å². The van der Waals surface area contributed by atoms with Crippen LogP contribution in [0.3, 0.4) is 0 Å². The van der Waals surface area contributed by atoms with Crippen LogP contribution in [-0.4, -0.2) is 15.9 Å². The smallest absolute Gasteiger partial charge is 0.140 e. The molecular formula is C14H20ClN3. The number of nitrogens with two attached hydrogens (primary N) is 1. The summed E-state index contributed by atoms with van der Waals surface area (Å²) < 4.78 is 2.09. The molecule has 98 valence electrons. The standard InChI is InChI=1S/C14H20ClN3/c1-9-7-10(15)8-18-11(5-6-16)12(14(2,3)4)17-13(9)18/h7-8H,5-6,16H2,1-4H3. The van der Waals surface area contributed by atoms with Gasteiger partial charge in [-0.25, -0.2) is 4.98 Å². The highest BCUT2D eigenvalue weighted by Crippen LogP contribution is 2.28. The molecule has 0 aliphatic carbocycles. The van der Waals surface area contributed by atoms with Crippen LogP contribution in [0.25, 0.3) is 5.65 Å². The molecule has 2 N–H and O–H groups in total. The highest BCUT2D eigenvalue weighted by molar-refractivity contribution is 6.30. The van der Waals surface area contributed by atoms with Crippen molar-refractivity contribution in [3.63, 3.8) is 0 Å². The van der Waals surface area contributed by atoms with Crippen molar-refractivity contribution in [2.24, 2.45) is 5.73 Å². The Morgan fingerprint density at radius 3 is 2.61 bits per heavy atom. The minimum absolute atomic E-state index is 0.00936. The predicted octanol–water partition coefficient (Wildman–Crippen LogP) is 3.09. The van der Waals surface area contributed by atoms with Gasteiger partial charge in [0.05, 0.1) is 10.7 Å². The van der Waals surface area contributed by atoms with Crippen LogP contribution in [0.2, 0.25) is 5.02 Å². The van der Waals surface area contributed by atoms with Crippen molar-refractivity contribution in [1.82, 2.24) is 9.38 Å². The van der Waals surface area contributed by atoms with Gasteiger partial charge in [0.1, 0.15) is 5.65 Å². The van der Waals surface area contributed by atoms with Gasteiger partial charge in [-0.05, 0) is 25.1 Å². The average molecular weight is 266 g/mol. The number of fused-ring (bicyclic) bond motifs is 1. The van der Waals surface area contributed by atoms with Crippen molar-refractivity contribution < 1.29 is 0 Å². The van der Waals surface area contributed by atoms with Gasteiger partial charge in [-0.15, -0.1) is 0 Å². The number of aromatic nitrogens is 2. The van der Waals surface area contributed by atoms with E-state index in [1.54, 1.807) is 0 Å². The molecule has 0 saturated heterocycles. The number of pyridine rings is 1. The molecule has 0 aliphatic heterocycles. The Morgan fingerprint density at radius 1 is 1.39 bits per heavy atom. The van der Waals surface area contributed by atoms with E-state index in [0.717, 1.165) is 28.3 Å². The van der Waals surface area contributed by atoms with Crippen LogP contribution in [0.5, 0.6) is 0 Å². The summed E-state index contributed by atoms with van der Waals surface area (Å²) in [4.78, 5) is 4.79. The van der Waals surface area contributed by atoms with Gasteiger partial charge in [0.15, 0.2) is 0 Å². The SMILES string of the molecule is Cc1cc(Cl)cn2c(CCN)c(C(C)(C)C)nc12. The van der Waals surface area contributed by atoms with E-state index in [-0.39, 0.29) is 5.41 Å².